The fraction of sp³-hybridized carbons (Fsp3) is 0.333. The molecule has 7 nitrogen and oxygen atoms in total. The predicted octanol–water partition coefficient (Wildman–Crippen LogP) is 4.83. The number of hydrogen-bond donors (Lipinski definition) is 1. The van der Waals surface area contributed by atoms with Crippen molar-refractivity contribution in [1.82, 2.24) is 14.7 Å². The van der Waals surface area contributed by atoms with Crippen molar-refractivity contribution < 1.29 is 27.4 Å². The van der Waals surface area contributed by atoms with Gasteiger partial charge >= 0.3 is 6.18 Å². The second-order valence-corrected chi connectivity index (χ2v) is 8.10. The van der Waals surface area contributed by atoms with Gasteiger partial charge in [-0.15, -0.1) is 0 Å². The minimum absolute atomic E-state index is 0.0401. The lowest BCUT2D eigenvalue weighted by Gasteiger charge is -2.34. The van der Waals surface area contributed by atoms with Crippen LogP contribution < -0.4 is 14.8 Å². The van der Waals surface area contributed by atoms with Gasteiger partial charge in [-0.1, -0.05) is 36.4 Å². The molecule has 4 rings (SSSR count). The van der Waals surface area contributed by atoms with Crippen LogP contribution in [0.15, 0.2) is 54.7 Å². The van der Waals surface area contributed by atoms with Gasteiger partial charge in [-0.2, -0.15) is 18.3 Å². The molecule has 0 aliphatic carbocycles. The maximum absolute atomic E-state index is 14.0. The standard InChI is InChI=1S/C24H25F3N4O3/c1-30(14-15-7-5-4-6-8-15)23(32)17-13-28-31-21(24(25,26)27)12-18(29-22(17)31)16-9-10-19(33-2)20(11-16)34-3/h4-11,13,18,21,29H,12,14H2,1-3H3. The van der Waals surface area contributed by atoms with Gasteiger partial charge in [-0.25, -0.2) is 4.68 Å². The summed E-state index contributed by atoms with van der Waals surface area (Å²) in [6.45, 7) is 0.312. The van der Waals surface area contributed by atoms with E-state index >= 15 is 0 Å². The first-order valence-electron chi connectivity index (χ1n) is 10.6. The highest BCUT2D eigenvalue weighted by Gasteiger charge is 2.47. The smallest absolute Gasteiger partial charge is 0.410 e. The van der Waals surface area contributed by atoms with E-state index < -0.39 is 24.2 Å². The van der Waals surface area contributed by atoms with Gasteiger partial charge in [0.25, 0.3) is 5.91 Å². The third kappa shape index (κ3) is 4.52. The Morgan fingerprint density at radius 2 is 1.85 bits per heavy atom. The number of anilines is 1. The Kier molecular flexibility index (Phi) is 6.41. The van der Waals surface area contributed by atoms with Crippen LogP contribution in [0.5, 0.6) is 11.5 Å². The number of benzene rings is 2. The lowest BCUT2D eigenvalue weighted by Crippen LogP contribution is -2.36. The summed E-state index contributed by atoms with van der Waals surface area (Å²) >= 11 is 0. The normalized spacial score (nSPS) is 17.5. The number of alkyl halides is 3. The maximum atomic E-state index is 14.0. The van der Waals surface area contributed by atoms with Gasteiger partial charge in [-0.05, 0) is 23.3 Å². The van der Waals surface area contributed by atoms with Crippen LogP contribution in [0.3, 0.4) is 0 Å². The summed E-state index contributed by atoms with van der Waals surface area (Å²) < 4.78 is 53.4. The number of amides is 1. The molecule has 0 saturated carbocycles. The average Bonchev–Trinajstić information content (AvgIpc) is 3.26. The topological polar surface area (TPSA) is 68.6 Å². The van der Waals surface area contributed by atoms with Crippen molar-refractivity contribution in [2.75, 3.05) is 26.6 Å². The molecular weight excluding hydrogens is 449 g/mol. The van der Waals surface area contributed by atoms with E-state index in [4.69, 9.17) is 9.47 Å². The van der Waals surface area contributed by atoms with E-state index in [-0.39, 0.29) is 17.8 Å². The van der Waals surface area contributed by atoms with Crippen LogP contribution in [0.4, 0.5) is 19.0 Å². The number of aromatic nitrogens is 2. The molecule has 2 unspecified atom stereocenters. The monoisotopic (exact) mass is 474 g/mol. The van der Waals surface area contributed by atoms with Crippen molar-refractivity contribution in [3.05, 3.63) is 71.4 Å². The van der Waals surface area contributed by atoms with Crippen molar-refractivity contribution in [2.45, 2.75) is 31.2 Å². The van der Waals surface area contributed by atoms with Crippen LogP contribution in [-0.4, -0.2) is 48.0 Å². The van der Waals surface area contributed by atoms with Crippen LogP contribution in [0.1, 0.15) is 40.0 Å². The van der Waals surface area contributed by atoms with E-state index in [1.54, 1.807) is 25.2 Å². The van der Waals surface area contributed by atoms with Gasteiger partial charge in [0.1, 0.15) is 11.4 Å². The van der Waals surface area contributed by atoms with E-state index in [1.165, 1.54) is 25.3 Å². The lowest BCUT2D eigenvalue weighted by atomic mass is 9.96. The molecule has 34 heavy (non-hydrogen) atoms. The Morgan fingerprint density at radius 3 is 2.50 bits per heavy atom. The van der Waals surface area contributed by atoms with Crippen molar-refractivity contribution in [1.29, 1.82) is 0 Å². The van der Waals surface area contributed by atoms with Crippen molar-refractivity contribution >= 4 is 11.7 Å². The zero-order chi connectivity index (χ0) is 24.5. The fourth-order valence-corrected chi connectivity index (χ4v) is 4.14. The molecule has 180 valence electrons. The van der Waals surface area contributed by atoms with Gasteiger partial charge < -0.3 is 19.7 Å². The summed E-state index contributed by atoms with van der Waals surface area (Å²) in [6, 6.07) is 11.7. The van der Waals surface area contributed by atoms with E-state index in [0.29, 0.717) is 23.6 Å². The van der Waals surface area contributed by atoms with E-state index in [1.807, 2.05) is 30.3 Å². The maximum Gasteiger partial charge on any atom is 0.410 e. The SMILES string of the molecule is COc1ccc(C2CC(C(F)(F)F)n3ncc(C(=O)N(C)Cc4ccccc4)c3N2)cc1OC. The van der Waals surface area contributed by atoms with Gasteiger partial charge in [0.05, 0.1) is 26.5 Å². The minimum atomic E-state index is -4.55. The Balaban J connectivity index is 1.68. The molecule has 2 atom stereocenters. The summed E-state index contributed by atoms with van der Waals surface area (Å²) in [6.07, 6.45) is -3.64. The van der Waals surface area contributed by atoms with Gasteiger partial charge in [-0.3, -0.25) is 4.79 Å². The third-order valence-electron chi connectivity index (χ3n) is 5.89. The molecule has 1 aliphatic rings. The van der Waals surface area contributed by atoms with Gasteiger partial charge in [0.2, 0.25) is 0 Å². The molecule has 0 radical (unpaired) electrons. The highest BCUT2D eigenvalue weighted by Crippen LogP contribution is 2.45. The highest BCUT2D eigenvalue weighted by molar-refractivity contribution is 5.98. The van der Waals surface area contributed by atoms with Crippen LogP contribution in [0.2, 0.25) is 0 Å². The van der Waals surface area contributed by atoms with Gasteiger partial charge in [0.15, 0.2) is 17.5 Å². The number of halogens is 3. The van der Waals surface area contributed by atoms with Crippen molar-refractivity contribution in [2.24, 2.45) is 0 Å². The molecule has 1 N–H and O–H groups in total. The van der Waals surface area contributed by atoms with Crippen LogP contribution in [0, 0.1) is 0 Å². The number of methoxy groups -OCH3 is 2. The van der Waals surface area contributed by atoms with E-state index in [0.717, 1.165) is 10.2 Å². The first-order valence-corrected chi connectivity index (χ1v) is 10.6. The summed E-state index contributed by atoms with van der Waals surface area (Å²) in [5.41, 5.74) is 1.57. The summed E-state index contributed by atoms with van der Waals surface area (Å²) in [7, 11) is 4.55. The predicted molar refractivity (Wildman–Crippen MR) is 120 cm³/mol. The van der Waals surface area contributed by atoms with Gasteiger partial charge in [0, 0.05) is 20.0 Å². The van der Waals surface area contributed by atoms with E-state index in [9.17, 15) is 18.0 Å². The molecule has 0 saturated heterocycles. The van der Waals surface area contributed by atoms with Crippen LogP contribution >= 0.6 is 0 Å². The average molecular weight is 474 g/mol. The molecule has 1 aliphatic heterocycles. The van der Waals surface area contributed by atoms with E-state index in [2.05, 4.69) is 10.4 Å². The summed E-state index contributed by atoms with van der Waals surface area (Å²) in [4.78, 5) is 14.6. The lowest BCUT2D eigenvalue weighted by molar-refractivity contribution is -0.173. The highest BCUT2D eigenvalue weighted by atomic mass is 19.4. The fourth-order valence-electron chi connectivity index (χ4n) is 4.14. The quantitative estimate of drug-likeness (QED) is 0.554. The largest absolute Gasteiger partial charge is 0.493 e. The number of rotatable bonds is 6. The number of carbonyl (C=O) groups is 1. The minimum Gasteiger partial charge on any atom is -0.493 e. The molecule has 0 bridgehead atoms. The number of nitrogens with one attached hydrogen (secondary N) is 1. The molecule has 10 heteroatoms. The zero-order valence-corrected chi connectivity index (χ0v) is 19.0. The Bertz CT molecular complexity index is 1160. The second-order valence-electron chi connectivity index (χ2n) is 8.10. The number of nitrogens with zero attached hydrogens (tertiary/aromatic N) is 3. The van der Waals surface area contributed by atoms with Crippen molar-refractivity contribution in [3.8, 4) is 11.5 Å². The molecule has 0 spiro atoms. The summed E-state index contributed by atoms with van der Waals surface area (Å²) in [5, 5.41) is 7.06. The zero-order valence-electron chi connectivity index (χ0n) is 19.0. The Morgan fingerprint density at radius 1 is 1.15 bits per heavy atom. The molecule has 3 aromatic rings. The summed E-state index contributed by atoms with van der Waals surface area (Å²) in [5.74, 6) is 0.492. The number of fused-ring (bicyclic) bond motifs is 1. The molecular formula is C24H25F3N4O3. The second kappa shape index (κ2) is 9.28. The first kappa shape index (κ1) is 23.5. The number of ether oxygens (including phenoxy) is 2. The Labute approximate surface area is 195 Å². The molecule has 1 amide bonds. The third-order valence-corrected chi connectivity index (χ3v) is 5.89. The molecule has 2 heterocycles. The number of hydrogen-bond acceptors (Lipinski definition) is 5. The molecule has 0 fully saturated rings. The van der Waals surface area contributed by atoms with Crippen LogP contribution in [-0.2, 0) is 6.54 Å². The Hall–Kier alpha value is -3.69. The molecule has 1 aromatic heterocycles. The van der Waals surface area contributed by atoms with Crippen molar-refractivity contribution in [3.63, 3.8) is 0 Å². The number of carbonyl (C=O) groups excluding carboxylic acids is 1. The first-order chi connectivity index (χ1) is 16.2. The molecule has 2 aromatic carbocycles. The van der Waals surface area contributed by atoms with Crippen LogP contribution in [0.25, 0.3) is 0 Å².